The van der Waals surface area contributed by atoms with Crippen LogP contribution in [-0.4, -0.2) is 0 Å². The molecule has 0 radical (unpaired) electrons. The van der Waals surface area contributed by atoms with Crippen molar-refractivity contribution in [1.82, 2.24) is 0 Å². The molecule has 0 unspecified atom stereocenters. The van der Waals surface area contributed by atoms with Crippen molar-refractivity contribution in [3.8, 4) is 0 Å². The van der Waals surface area contributed by atoms with Gasteiger partial charge in [-0.05, 0) is 6.92 Å². The third-order valence-corrected chi connectivity index (χ3v) is 0.126. The van der Waals surface area contributed by atoms with Crippen molar-refractivity contribution in [1.29, 1.82) is 0 Å². The second-order valence-electron chi connectivity index (χ2n) is 0.459. The molecule has 0 aliphatic heterocycles. The Labute approximate surface area is 38.7 Å². The van der Waals surface area contributed by atoms with Crippen LogP contribution < -0.4 is 0 Å². The summed E-state index contributed by atoms with van der Waals surface area (Å²) in [6.07, 6.45) is 1.83. The van der Waals surface area contributed by atoms with E-state index in [0.29, 0.717) is 6.33 Å². The van der Waals surface area contributed by atoms with Gasteiger partial charge in [0.05, 0.1) is 6.33 Å². The third-order valence-electron chi connectivity index (χ3n) is 0.126. The molecule has 0 amide bonds. The van der Waals surface area contributed by atoms with Crippen molar-refractivity contribution in [3.05, 3.63) is 12.4 Å². The quantitative estimate of drug-likeness (QED) is 0.428. The van der Waals surface area contributed by atoms with Crippen LogP contribution in [0.1, 0.15) is 20.8 Å². The summed E-state index contributed by atoms with van der Waals surface area (Å²) in [5.74, 6) is 0. The standard InChI is InChI=1S/C3H5F.C2H6/c1-2-3-4;1-2/h2-3H,1H3;1-2H3/b3-2+;. The van der Waals surface area contributed by atoms with E-state index in [2.05, 4.69) is 0 Å². The topological polar surface area (TPSA) is 0 Å². The van der Waals surface area contributed by atoms with Crippen molar-refractivity contribution in [2.45, 2.75) is 20.8 Å². The summed E-state index contributed by atoms with van der Waals surface area (Å²) < 4.78 is 10.5. The van der Waals surface area contributed by atoms with Crippen LogP contribution in [0.5, 0.6) is 0 Å². The molecule has 0 aromatic heterocycles. The van der Waals surface area contributed by atoms with Crippen LogP contribution in [0.25, 0.3) is 0 Å². The van der Waals surface area contributed by atoms with Gasteiger partial charge in [-0.2, -0.15) is 0 Å². The highest BCUT2D eigenvalue weighted by Crippen LogP contribution is 1.62. The van der Waals surface area contributed by atoms with Crippen LogP contribution in [0.4, 0.5) is 4.39 Å². The number of hydrogen-bond acceptors (Lipinski definition) is 0. The third kappa shape index (κ3) is 58.3. The van der Waals surface area contributed by atoms with Crippen LogP contribution in [0.2, 0.25) is 0 Å². The summed E-state index contributed by atoms with van der Waals surface area (Å²) >= 11 is 0. The summed E-state index contributed by atoms with van der Waals surface area (Å²) in [7, 11) is 0. The minimum Gasteiger partial charge on any atom is -0.216 e. The van der Waals surface area contributed by atoms with Gasteiger partial charge in [-0.25, -0.2) is 4.39 Å². The summed E-state index contributed by atoms with van der Waals surface area (Å²) in [6, 6.07) is 0. The van der Waals surface area contributed by atoms with Crippen LogP contribution in [0.3, 0.4) is 0 Å². The highest BCUT2D eigenvalue weighted by molar-refractivity contribution is 4.61. The molecule has 0 saturated heterocycles. The molecule has 0 aliphatic carbocycles. The fourth-order valence-electron chi connectivity index (χ4n) is 0. The fraction of sp³-hybridized carbons (Fsp3) is 0.600. The predicted octanol–water partition coefficient (Wildman–Crippen LogP) is 2.52. The first-order valence-electron chi connectivity index (χ1n) is 2.13. The Bertz CT molecular complexity index is 19.1. The number of hydrogen-bond donors (Lipinski definition) is 0. The molecule has 0 N–H and O–H groups in total. The predicted molar refractivity (Wildman–Crippen MR) is 27.3 cm³/mol. The summed E-state index contributed by atoms with van der Waals surface area (Å²) in [6.45, 7) is 5.62. The van der Waals surface area contributed by atoms with Gasteiger partial charge in [0.1, 0.15) is 0 Å². The Morgan fingerprint density at radius 3 is 1.50 bits per heavy atom. The SMILES string of the molecule is C/C=C/F.CC. The highest BCUT2D eigenvalue weighted by atomic mass is 19.1. The molecule has 38 valence electrons. The van der Waals surface area contributed by atoms with E-state index in [-0.39, 0.29) is 0 Å². The summed E-state index contributed by atoms with van der Waals surface area (Å²) in [5.41, 5.74) is 0. The molecule has 6 heavy (non-hydrogen) atoms. The van der Waals surface area contributed by atoms with E-state index >= 15 is 0 Å². The second kappa shape index (κ2) is 22.6. The van der Waals surface area contributed by atoms with E-state index in [4.69, 9.17) is 0 Å². The van der Waals surface area contributed by atoms with E-state index in [1.54, 1.807) is 6.92 Å². The van der Waals surface area contributed by atoms with Crippen molar-refractivity contribution in [3.63, 3.8) is 0 Å². The Kier molecular flexibility index (Phi) is 34.5. The van der Waals surface area contributed by atoms with Crippen molar-refractivity contribution in [2.75, 3.05) is 0 Å². The van der Waals surface area contributed by atoms with Gasteiger partial charge < -0.3 is 0 Å². The number of rotatable bonds is 0. The van der Waals surface area contributed by atoms with Crippen molar-refractivity contribution in [2.24, 2.45) is 0 Å². The molecule has 0 atom stereocenters. The van der Waals surface area contributed by atoms with Crippen LogP contribution in [-0.2, 0) is 0 Å². The average Bonchev–Trinajstić information content (AvgIpc) is 1.72. The first kappa shape index (κ1) is 9.18. The Balaban J connectivity index is 0. The van der Waals surface area contributed by atoms with Crippen LogP contribution in [0.15, 0.2) is 12.4 Å². The molecule has 0 aliphatic rings. The largest absolute Gasteiger partial charge is 0.216 e. The lowest BCUT2D eigenvalue weighted by atomic mass is 10.8. The Morgan fingerprint density at radius 2 is 1.50 bits per heavy atom. The molecule has 0 fully saturated rings. The molecule has 0 aromatic carbocycles. The van der Waals surface area contributed by atoms with Crippen molar-refractivity contribution >= 4 is 0 Å². The maximum absolute atomic E-state index is 10.5. The van der Waals surface area contributed by atoms with E-state index in [1.807, 2.05) is 13.8 Å². The van der Waals surface area contributed by atoms with Gasteiger partial charge in [-0.1, -0.05) is 19.9 Å². The molecular formula is C5H11F. The van der Waals surface area contributed by atoms with E-state index in [1.165, 1.54) is 6.08 Å². The van der Waals surface area contributed by atoms with Gasteiger partial charge in [0, 0.05) is 0 Å². The lowest BCUT2D eigenvalue weighted by molar-refractivity contribution is 0.719. The van der Waals surface area contributed by atoms with Crippen LogP contribution in [0, 0.1) is 0 Å². The van der Waals surface area contributed by atoms with Gasteiger partial charge in [0.2, 0.25) is 0 Å². The lowest BCUT2D eigenvalue weighted by Gasteiger charge is -1.45. The smallest absolute Gasteiger partial charge is 0.0824 e. The number of halogens is 1. The maximum atomic E-state index is 10.5. The molecular weight excluding hydrogens is 79.1 g/mol. The van der Waals surface area contributed by atoms with Gasteiger partial charge in [-0.15, -0.1) is 0 Å². The first-order chi connectivity index (χ1) is 2.91. The summed E-state index contributed by atoms with van der Waals surface area (Å²) in [5, 5.41) is 0. The average molecular weight is 90.1 g/mol. The molecule has 0 rings (SSSR count). The minimum atomic E-state index is 0.500. The monoisotopic (exact) mass is 90.1 g/mol. The van der Waals surface area contributed by atoms with E-state index in [9.17, 15) is 4.39 Å². The van der Waals surface area contributed by atoms with Gasteiger partial charge >= 0.3 is 0 Å². The van der Waals surface area contributed by atoms with Crippen molar-refractivity contribution < 1.29 is 4.39 Å². The lowest BCUT2D eigenvalue weighted by Crippen LogP contribution is -1.22. The van der Waals surface area contributed by atoms with E-state index < -0.39 is 0 Å². The minimum absolute atomic E-state index is 0.500. The molecule has 1 heteroatoms. The maximum Gasteiger partial charge on any atom is 0.0824 e. The Morgan fingerprint density at radius 1 is 1.33 bits per heavy atom. The molecule has 0 nitrogen and oxygen atoms in total. The zero-order chi connectivity index (χ0) is 5.41. The van der Waals surface area contributed by atoms with Gasteiger partial charge in [-0.3, -0.25) is 0 Å². The first-order valence-corrected chi connectivity index (χ1v) is 2.13. The highest BCUT2D eigenvalue weighted by Gasteiger charge is 1.38. The molecule has 0 saturated carbocycles. The molecule has 0 bridgehead atoms. The normalized spacial score (nSPS) is 7.33. The zero-order valence-electron chi connectivity index (χ0n) is 4.53. The molecule has 0 heterocycles. The van der Waals surface area contributed by atoms with E-state index in [0.717, 1.165) is 0 Å². The van der Waals surface area contributed by atoms with Gasteiger partial charge in [0.15, 0.2) is 0 Å². The number of allylic oxidation sites excluding steroid dienone is 1. The summed E-state index contributed by atoms with van der Waals surface area (Å²) in [4.78, 5) is 0. The fourth-order valence-corrected chi connectivity index (χ4v) is 0. The Hall–Kier alpha value is -0.330. The second-order valence-corrected chi connectivity index (χ2v) is 0.459. The molecule has 0 aromatic rings. The zero-order valence-corrected chi connectivity index (χ0v) is 4.53. The van der Waals surface area contributed by atoms with Gasteiger partial charge in [0.25, 0.3) is 0 Å². The molecule has 0 spiro atoms. The van der Waals surface area contributed by atoms with Crippen LogP contribution >= 0.6 is 0 Å².